The Bertz CT molecular complexity index is 659. The van der Waals surface area contributed by atoms with Crippen molar-refractivity contribution in [2.24, 2.45) is 0 Å². The Hall–Kier alpha value is -1.80. The van der Waals surface area contributed by atoms with Gasteiger partial charge in [-0.2, -0.15) is 13.2 Å². The number of anilines is 1. The number of likely N-dealkylation sites (tertiary alicyclic amines) is 1. The molecule has 0 bridgehead atoms. The molecule has 25 heavy (non-hydrogen) atoms. The summed E-state index contributed by atoms with van der Waals surface area (Å²) in [5.41, 5.74) is -1.20. The molecular formula is C16H19ClF3N3O2. The number of hydrogen-bond acceptors (Lipinski definition) is 3. The van der Waals surface area contributed by atoms with Crippen LogP contribution in [0.2, 0.25) is 5.02 Å². The first kappa shape index (κ1) is 19.5. The van der Waals surface area contributed by atoms with Gasteiger partial charge in [0.15, 0.2) is 0 Å². The molecule has 1 aromatic carbocycles. The summed E-state index contributed by atoms with van der Waals surface area (Å²) in [6.45, 7) is 1.63. The Morgan fingerprint density at radius 2 is 1.88 bits per heavy atom. The van der Waals surface area contributed by atoms with Crippen molar-refractivity contribution in [1.29, 1.82) is 0 Å². The van der Waals surface area contributed by atoms with Crippen LogP contribution < -0.4 is 5.32 Å². The highest BCUT2D eigenvalue weighted by Gasteiger charge is 2.34. The van der Waals surface area contributed by atoms with Crippen molar-refractivity contribution in [2.75, 3.05) is 32.5 Å². The molecule has 1 aromatic rings. The molecule has 2 rings (SSSR count). The fraction of sp³-hybridized carbons (Fsp3) is 0.500. The highest BCUT2D eigenvalue weighted by molar-refractivity contribution is 6.39. The first-order valence-electron chi connectivity index (χ1n) is 7.73. The quantitative estimate of drug-likeness (QED) is 0.806. The van der Waals surface area contributed by atoms with Crippen LogP contribution in [0.3, 0.4) is 0 Å². The third kappa shape index (κ3) is 4.85. The summed E-state index contributed by atoms with van der Waals surface area (Å²) < 4.78 is 38.6. The van der Waals surface area contributed by atoms with E-state index in [1.165, 1.54) is 18.0 Å². The number of benzene rings is 1. The van der Waals surface area contributed by atoms with Gasteiger partial charge in [0.25, 0.3) is 0 Å². The molecule has 0 unspecified atom stereocenters. The van der Waals surface area contributed by atoms with Crippen LogP contribution in [0.5, 0.6) is 0 Å². The molecule has 1 fully saturated rings. The molecule has 1 aliphatic rings. The van der Waals surface area contributed by atoms with Gasteiger partial charge in [-0.1, -0.05) is 11.6 Å². The third-order valence-electron chi connectivity index (χ3n) is 4.28. The monoisotopic (exact) mass is 377 g/mol. The number of halogens is 4. The number of rotatable bonds is 2. The molecular weight excluding hydrogens is 359 g/mol. The molecule has 0 aliphatic carbocycles. The van der Waals surface area contributed by atoms with Crippen molar-refractivity contribution in [2.45, 2.75) is 25.1 Å². The molecule has 2 amide bonds. The number of nitrogens with zero attached hydrogens (tertiary/aromatic N) is 2. The predicted octanol–water partition coefficient (Wildman–Crippen LogP) is 2.85. The van der Waals surface area contributed by atoms with Gasteiger partial charge >= 0.3 is 18.0 Å². The van der Waals surface area contributed by atoms with Gasteiger partial charge in [-0.05, 0) is 51.2 Å². The van der Waals surface area contributed by atoms with Crippen molar-refractivity contribution < 1.29 is 22.8 Å². The van der Waals surface area contributed by atoms with E-state index in [2.05, 4.69) is 10.2 Å². The number of likely N-dealkylation sites (N-methyl/N-ethyl adjacent to an activating group) is 1. The fourth-order valence-electron chi connectivity index (χ4n) is 2.71. The summed E-state index contributed by atoms with van der Waals surface area (Å²) >= 11 is 5.53. The number of carbonyl (C=O) groups excluding carboxylic acids is 2. The average molecular weight is 378 g/mol. The second-order valence-corrected chi connectivity index (χ2v) is 6.50. The largest absolute Gasteiger partial charge is 0.417 e. The van der Waals surface area contributed by atoms with Crippen LogP contribution in [0.25, 0.3) is 0 Å². The zero-order valence-corrected chi connectivity index (χ0v) is 14.6. The summed E-state index contributed by atoms with van der Waals surface area (Å²) in [6.07, 6.45) is -3.16. The Morgan fingerprint density at radius 3 is 2.44 bits per heavy atom. The van der Waals surface area contributed by atoms with Crippen molar-refractivity contribution in [3.8, 4) is 0 Å². The van der Waals surface area contributed by atoms with Gasteiger partial charge in [-0.25, -0.2) is 0 Å². The second-order valence-electron chi connectivity index (χ2n) is 6.10. The normalized spacial score (nSPS) is 16.6. The highest BCUT2D eigenvalue weighted by atomic mass is 35.5. The maximum Gasteiger partial charge on any atom is 0.417 e. The number of amides is 2. The minimum Gasteiger partial charge on any atom is -0.334 e. The third-order valence-corrected chi connectivity index (χ3v) is 4.61. The lowest BCUT2D eigenvalue weighted by molar-refractivity contribution is -0.144. The van der Waals surface area contributed by atoms with E-state index >= 15 is 0 Å². The zero-order valence-electron chi connectivity index (χ0n) is 13.9. The molecule has 0 aromatic heterocycles. The van der Waals surface area contributed by atoms with E-state index < -0.39 is 28.6 Å². The minimum atomic E-state index is -4.65. The van der Waals surface area contributed by atoms with E-state index in [1.807, 2.05) is 7.05 Å². The van der Waals surface area contributed by atoms with Crippen molar-refractivity contribution in [1.82, 2.24) is 9.80 Å². The molecule has 0 saturated carbocycles. The summed E-state index contributed by atoms with van der Waals surface area (Å²) in [5.74, 6) is -1.75. The maximum atomic E-state index is 12.9. The van der Waals surface area contributed by atoms with Crippen LogP contribution in [0.1, 0.15) is 18.4 Å². The Labute approximate surface area is 148 Å². The minimum absolute atomic E-state index is 0.0644. The Balaban J connectivity index is 2.05. The number of piperidine rings is 1. The fourth-order valence-corrected chi connectivity index (χ4v) is 2.94. The van der Waals surface area contributed by atoms with Gasteiger partial charge in [0.2, 0.25) is 0 Å². The first-order valence-corrected chi connectivity index (χ1v) is 8.11. The molecule has 1 N–H and O–H groups in total. The van der Waals surface area contributed by atoms with E-state index in [-0.39, 0.29) is 11.7 Å². The van der Waals surface area contributed by atoms with E-state index in [0.717, 1.165) is 32.0 Å². The molecule has 0 spiro atoms. The van der Waals surface area contributed by atoms with Crippen molar-refractivity contribution >= 4 is 29.1 Å². The first-order chi connectivity index (χ1) is 11.6. The van der Waals surface area contributed by atoms with E-state index in [9.17, 15) is 22.8 Å². The second kappa shape index (κ2) is 7.61. The predicted molar refractivity (Wildman–Crippen MR) is 88.4 cm³/mol. The van der Waals surface area contributed by atoms with Gasteiger partial charge in [-0.3, -0.25) is 9.59 Å². The average Bonchev–Trinajstić information content (AvgIpc) is 2.55. The SMILES string of the molecule is CN1CCC(N(C)C(=O)C(=O)Nc2ccc(Cl)c(C(F)(F)F)c2)CC1. The van der Waals surface area contributed by atoms with Crippen LogP contribution in [0, 0.1) is 0 Å². The number of hydrogen-bond donors (Lipinski definition) is 1. The van der Waals surface area contributed by atoms with Gasteiger partial charge in [0.1, 0.15) is 0 Å². The summed E-state index contributed by atoms with van der Waals surface area (Å²) in [5, 5.41) is 1.74. The lowest BCUT2D eigenvalue weighted by Gasteiger charge is -2.34. The summed E-state index contributed by atoms with van der Waals surface area (Å²) in [4.78, 5) is 27.8. The molecule has 1 aliphatic heterocycles. The topological polar surface area (TPSA) is 52.7 Å². The van der Waals surface area contributed by atoms with Crippen LogP contribution in [0.15, 0.2) is 18.2 Å². The van der Waals surface area contributed by atoms with Crippen molar-refractivity contribution in [3.05, 3.63) is 28.8 Å². The van der Waals surface area contributed by atoms with E-state index in [4.69, 9.17) is 11.6 Å². The molecule has 9 heteroatoms. The van der Waals surface area contributed by atoms with Crippen molar-refractivity contribution in [3.63, 3.8) is 0 Å². The Morgan fingerprint density at radius 1 is 1.28 bits per heavy atom. The number of carbonyl (C=O) groups is 2. The highest BCUT2D eigenvalue weighted by Crippen LogP contribution is 2.36. The molecule has 0 radical (unpaired) electrons. The molecule has 0 atom stereocenters. The number of alkyl halides is 3. The van der Waals surface area contributed by atoms with Crippen LogP contribution >= 0.6 is 11.6 Å². The molecule has 1 heterocycles. The lowest BCUT2D eigenvalue weighted by atomic mass is 10.0. The van der Waals surface area contributed by atoms with Crippen LogP contribution in [-0.4, -0.2) is 54.8 Å². The number of nitrogens with one attached hydrogen (secondary N) is 1. The van der Waals surface area contributed by atoms with Crippen LogP contribution in [0.4, 0.5) is 18.9 Å². The molecule has 1 saturated heterocycles. The van der Waals surface area contributed by atoms with Gasteiger partial charge in [0.05, 0.1) is 10.6 Å². The van der Waals surface area contributed by atoms with Gasteiger partial charge in [-0.15, -0.1) is 0 Å². The molecule has 138 valence electrons. The van der Waals surface area contributed by atoms with Gasteiger partial charge in [0, 0.05) is 18.8 Å². The van der Waals surface area contributed by atoms with E-state index in [0.29, 0.717) is 6.07 Å². The van der Waals surface area contributed by atoms with Crippen LogP contribution in [-0.2, 0) is 15.8 Å². The molecule has 5 nitrogen and oxygen atoms in total. The lowest BCUT2D eigenvalue weighted by Crippen LogP contribution is -2.47. The smallest absolute Gasteiger partial charge is 0.334 e. The van der Waals surface area contributed by atoms with E-state index in [1.54, 1.807) is 0 Å². The Kier molecular flexibility index (Phi) is 5.95. The summed E-state index contributed by atoms with van der Waals surface area (Å²) in [6, 6.07) is 2.90. The summed E-state index contributed by atoms with van der Waals surface area (Å²) in [7, 11) is 3.50. The standard InChI is InChI=1S/C16H19ClF3N3O2/c1-22-7-5-11(6-8-22)23(2)15(25)14(24)21-10-3-4-13(17)12(9-10)16(18,19)20/h3-4,9,11H,5-8H2,1-2H3,(H,21,24). The van der Waals surface area contributed by atoms with Gasteiger partial charge < -0.3 is 15.1 Å². The zero-order chi connectivity index (χ0) is 18.8. The maximum absolute atomic E-state index is 12.9.